The number of aromatic nitrogens is 1. The highest BCUT2D eigenvalue weighted by molar-refractivity contribution is 6.31. The second kappa shape index (κ2) is 6.60. The van der Waals surface area contributed by atoms with E-state index in [1.54, 1.807) is 48.5 Å². The zero-order valence-corrected chi connectivity index (χ0v) is 16.6. The molecule has 0 unspecified atom stereocenters. The quantitative estimate of drug-likeness (QED) is 0.499. The van der Waals surface area contributed by atoms with Crippen LogP contribution in [-0.4, -0.2) is 46.6 Å². The molecule has 1 aromatic heterocycles. The normalized spacial score (nSPS) is 13.2. The van der Waals surface area contributed by atoms with Gasteiger partial charge in [0, 0.05) is 23.9 Å². The first kappa shape index (κ1) is 18.7. The average molecular weight is 416 g/mol. The molecule has 4 aromatic rings. The van der Waals surface area contributed by atoms with E-state index >= 15 is 0 Å². The van der Waals surface area contributed by atoms with Crippen LogP contribution in [0.15, 0.2) is 54.6 Å². The molecule has 1 aliphatic heterocycles. The molecule has 0 radical (unpaired) electrons. The number of amides is 2. The maximum atomic E-state index is 13.0. The number of hydrogen-bond acceptors (Lipinski definition) is 5. The summed E-state index contributed by atoms with van der Waals surface area (Å²) in [5, 5.41) is 10.9. The van der Waals surface area contributed by atoms with Gasteiger partial charge in [-0.1, -0.05) is 30.3 Å². The Hall–Kier alpha value is -4.33. The van der Waals surface area contributed by atoms with E-state index in [0.29, 0.717) is 27.8 Å². The fourth-order valence-corrected chi connectivity index (χ4v) is 4.07. The number of benzene rings is 3. The van der Waals surface area contributed by atoms with Gasteiger partial charge < -0.3 is 14.6 Å². The van der Waals surface area contributed by atoms with Crippen molar-refractivity contribution < 1.29 is 29.0 Å². The molecule has 2 heterocycles. The van der Waals surface area contributed by atoms with Gasteiger partial charge in [-0.3, -0.25) is 14.5 Å². The lowest BCUT2D eigenvalue weighted by Crippen LogP contribution is -2.24. The summed E-state index contributed by atoms with van der Waals surface area (Å²) in [4.78, 5) is 39.1. The molecule has 31 heavy (non-hydrogen) atoms. The van der Waals surface area contributed by atoms with Crippen LogP contribution in [0.3, 0.4) is 0 Å². The molecule has 1 aliphatic rings. The van der Waals surface area contributed by atoms with E-state index in [4.69, 9.17) is 9.47 Å². The van der Waals surface area contributed by atoms with Crippen LogP contribution < -0.4 is 9.47 Å². The summed E-state index contributed by atoms with van der Waals surface area (Å²) in [6.45, 7) is 0. The van der Waals surface area contributed by atoms with E-state index in [9.17, 15) is 19.5 Å². The summed E-state index contributed by atoms with van der Waals surface area (Å²) >= 11 is 0. The van der Waals surface area contributed by atoms with E-state index < -0.39 is 17.9 Å². The predicted octanol–water partition coefficient (Wildman–Crippen LogP) is 4.35. The van der Waals surface area contributed by atoms with Gasteiger partial charge in [-0.2, -0.15) is 0 Å². The van der Waals surface area contributed by atoms with Crippen molar-refractivity contribution in [1.82, 2.24) is 9.47 Å². The molecule has 1 N–H and O–H groups in total. The van der Waals surface area contributed by atoms with Gasteiger partial charge in [-0.15, -0.1) is 0 Å². The van der Waals surface area contributed by atoms with E-state index in [1.165, 1.54) is 20.2 Å². The maximum Gasteiger partial charge on any atom is 0.416 e. The number of rotatable bonds is 3. The van der Waals surface area contributed by atoms with E-state index in [0.717, 1.165) is 9.47 Å². The first-order chi connectivity index (χ1) is 14.9. The summed E-state index contributed by atoms with van der Waals surface area (Å²) in [5.74, 6) is -0.178. The van der Waals surface area contributed by atoms with Crippen molar-refractivity contribution >= 4 is 39.7 Å². The lowest BCUT2D eigenvalue weighted by molar-refractivity contribution is 0.0693. The van der Waals surface area contributed by atoms with Gasteiger partial charge in [0.15, 0.2) is 11.5 Å². The summed E-state index contributed by atoms with van der Waals surface area (Å²) in [6.07, 6.45) is -1.21. The van der Waals surface area contributed by atoms with Crippen molar-refractivity contribution in [3.05, 3.63) is 65.7 Å². The smallest absolute Gasteiger partial charge is 0.416 e. The topological polar surface area (TPSA) is 98.1 Å². The lowest BCUT2D eigenvalue weighted by Gasteiger charge is -2.13. The fraction of sp³-hybridized carbons (Fsp3) is 0.0870. The number of fused-ring (bicyclic) bond motifs is 5. The zero-order chi connectivity index (χ0) is 21.9. The third kappa shape index (κ3) is 2.51. The van der Waals surface area contributed by atoms with Crippen LogP contribution in [0, 0.1) is 0 Å². The molecule has 0 saturated heterocycles. The number of para-hydroxylation sites is 3. The second-order valence-corrected chi connectivity index (χ2v) is 7.08. The van der Waals surface area contributed by atoms with Crippen LogP contribution in [0.5, 0.6) is 17.2 Å². The SMILES string of the molecule is COc1ccccc1Oc1cc2c(c3c1C(=O)N(C)C3=O)c1ccccc1n2C(=O)O. The Balaban J connectivity index is 1.91. The monoisotopic (exact) mass is 416 g/mol. The number of ether oxygens (including phenoxy) is 2. The van der Waals surface area contributed by atoms with Crippen LogP contribution >= 0.6 is 0 Å². The van der Waals surface area contributed by atoms with Gasteiger partial charge in [0.1, 0.15) is 5.75 Å². The van der Waals surface area contributed by atoms with Gasteiger partial charge in [0.25, 0.3) is 11.8 Å². The number of hydrogen-bond donors (Lipinski definition) is 1. The minimum absolute atomic E-state index is 0.0833. The molecule has 2 amide bonds. The van der Waals surface area contributed by atoms with Crippen LogP contribution in [-0.2, 0) is 0 Å². The Bertz CT molecular complexity index is 1440. The number of carboxylic acid groups (broad SMARTS) is 1. The Morgan fingerprint density at radius 3 is 2.23 bits per heavy atom. The summed E-state index contributed by atoms with van der Waals surface area (Å²) in [6, 6.07) is 15.2. The van der Waals surface area contributed by atoms with Crippen molar-refractivity contribution in [2.75, 3.05) is 14.2 Å². The molecule has 8 heteroatoms. The molecule has 0 fully saturated rings. The van der Waals surface area contributed by atoms with Crippen LogP contribution in [0.4, 0.5) is 4.79 Å². The zero-order valence-electron chi connectivity index (χ0n) is 16.6. The molecular formula is C23H16N2O6. The number of carbonyl (C=O) groups excluding carboxylic acids is 2. The van der Waals surface area contributed by atoms with Gasteiger partial charge in [0.05, 0.1) is 29.3 Å². The van der Waals surface area contributed by atoms with E-state index in [-0.39, 0.29) is 22.4 Å². The van der Waals surface area contributed by atoms with Gasteiger partial charge in [-0.05, 0) is 18.2 Å². The largest absolute Gasteiger partial charge is 0.493 e. The lowest BCUT2D eigenvalue weighted by atomic mass is 10.0. The third-order valence-electron chi connectivity index (χ3n) is 5.44. The molecule has 5 rings (SSSR count). The second-order valence-electron chi connectivity index (χ2n) is 7.08. The Labute approximate surface area is 175 Å². The minimum Gasteiger partial charge on any atom is -0.493 e. The molecule has 0 saturated carbocycles. The maximum absolute atomic E-state index is 13.0. The summed E-state index contributed by atoms with van der Waals surface area (Å²) in [7, 11) is 2.88. The third-order valence-corrected chi connectivity index (χ3v) is 5.44. The number of methoxy groups -OCH3 is 1. The Morgan fingerprint density at radius 2 is 1.52 bits per heavy atom. The molecule has 0 aliphatic carbocycles. The van der Waals surface area contributed by atoms with Gasteiger partial charge in [-0.25, -0.2) is 9.36 Å². The summed E-state index contributed by atoms with van der Waals surface area (Å²) in [5.41, 5.74) is 0.899. The highest BCUT2D eigenvalue weighted by Crippen LogP contribution is 2.43. The van der Waals surface area contributed by atoms with E-state index in [1.807, 2.05) is 0 Å². The number of carbonyl (C=O) groups is 3. The molecule has 0 atom stereocenters. The predicted molar refractivity (Wildman–Crippen MR) is 112 cm³/mol. The standard InChI is InChI=1S/C23H16N2O6/c1-24-21(26)19-17(31-16-10-6-5-9-15(16)30-2)11-14-18(20(19)22(24)27)12-7-3-4-8-13(12)25(14)23(28)29/h3-11H,1-2H3,(H,28,29). The van der Waals surface area contributed by atoms with Crippen molar-refractivity contribution in [1.29, 1.82) is 0 Å². The van der Waals surface area contributed by atoms with Gasteiger partial charge >= 0.3 is 6.09 Å². The molecule has 8 nitrogen and oxygen atoms in total. The van der Waals surface area contributed by atoms with Crippen molar-refractivity contribution in [2.45, 2.75) is 0 Å². The molecule has 0 bridgehead atoms. The highest BCUT2D eigenvalue weighted by Gasteiger charge is 2.40. The van der Waals surface area contributed by atoms with Crippen LogP contribution in [0.2, 0.25) is 0 Å². The van der Waals surface area contributed by atoms with Crippen molar-refractivity contribution in [3.8, 4) is 17.2 Å². The van der Waals surface area contributed by atoms with E-state index in [2.05, 4.69) is 0 Å². The fourth-order valence-electron chi connectivity index (χ4n) is 4.07. The summed E-state index contributed by atoms with van der Waals surface area (Å²) < 4.78 is 12.4. The molecule has 154 valence electrons. The van der Waals surface area contributed by atoms with Crippen LogP contribution in [0.25, 0.3) is 21.8 Å². The minimum atomic E-state index is -1.21. The van der Waals surface area contributed by atoms with Crippen molar-refractivity contribution in [2.24, 2.45) is 0 Å². The Kier molecular flexibility index (Phi) is 3.97. The number of nitrogens with zero attached hydrogens (tertiary/aromatic N) is 2. The Morgan fingerprint density at radius 1 is 0.871 bits per heavy atom. The van der Waals surface area contributed by atoms with Crippen molar-refractivity contribution in [3.63, 3.8) is 0 Å². The first-order valence-electron chi connectivity index (χ1n) is 9.40. The first-order valence-corrected chi connectivity index (χ1v) is 9.40. The molecule has 3 aromatic carbocycles. The number of imide groups is 1. The van der Waals surface area contributed by atoms with Gasteiger partial charge in [0.2, 0.25) is 0 Å². The average Bonchev–Trinajstić information content (AvgIpc) is 3.21. The highest BCUT2D eigenvalue weighted by atomic mass is 16.5. The molecule has 0 spiro atoms. The van der Waals surface area contributed by atoms with Crippen LogP contribution in [0.1, 0.15) is 20.7 Å². The molecular weight excluding hydrogens is 400 g/mol.